The molecule has 0 aliphatic heterocycles. The van der Waals surface area contributed by atoms with E-state index in [0.717, 1.165) is 10.6 Å². The molecule has 2 N–H and O–H groups in total. The zero-order valence-corrected chi connectivity index (χ0v) is 13.5. The van der Waals surface area contributed by atoms with Crippen LogP contribution >= 0.6 is 11.3 Å². The normalized spacial score (nSPS) is 11.2. The molecule has 2 aromatic heterocycles. The van der Waals surface area contributed by atoms with Gasteiger partial charge in [-0.25, -0.2) is 4.98 Å². The van der Waals surface area contributed by atoms with Gasteiger partial charge < -0.3 is 10.6 Å². The molecular weight excluding hydrogens is 284 g/mol. The summed E-state index contributed by atoms with van der Waals surface area (Å²) in [4.78, 5) is 21.8. The van der Waals surface area contributed by atoms with Crippen LogP contribution in [0.5, 0.6) is 0 Å². The first kappa shape index (κ1) is 15.4. The average Bonchev–Trinajstić information content (AvgIpc) is 2.96. The van der Waals surface area contributed by atoms with Crippen molar-refractivity contribution >= 4 is 23.1 Å². The molecule has 6 heteroatoms. The fourth-order valence-corrected chi connectivity index (χ4v) is 2.31. The largest absolute Gasteiger partial charge is 0.373 e. The lowest BCUT2D eigenvalue weighted by molar-refractivity contribution is 0.0951. The molecule has 0 atom stereocenters. The molecule has 0 spiro atoms. The number of rotatable bonds is 4. The lowest BCUT2D eigenvalue weighted by atomic mass is 9.90. The highest BCUT2D eigenvalue weighted by molar-refractivity contribution is 7.09. The fourth-order valence-electron chi connectivity index (χ4n) is 1.77. The van der Waals surface area contributed by atoms with Crippen LogP contribution in [0.25, 0.3) is 0 Å². The van der Waals surface area contributed by atoms with Gasteiger partial charge in [0.2, 0.25) is 0 Å². The number of hydrogen-bond acceptors (Lipinski definition) is 5. The van der Waals surface area contributed by atoms with Crippen LogP contribution in [0.2, 0.25) is 0 Å². The van der Waals surface area contributed by atoms with Gasteiger partial charge in [-0.15, -0.1) is 11.3 Å². The predicted octanol–water partition coefficient (Wildman–Crippen LogP) is 2.81. The van der Waals surface area contributed by atoms with Gasteiger partial charge in [0, 0.05) is 34.8 Å². The van der Waals surface area contributed by atoms with E-state index in [1.54, 1.807) is 24.8 Å². The molecule has 2 heterocycles. The number of pyridine rings is 1. The number of carbonyl (C=O) groups excluding carboxylic acids is 1. The van der Waals surface area contributed by atoms with Gasteiger partial charge in [-0.3, -0.25) is 9.78 Å². The number of hydrogen-bond donors (Lipinski definition) is 2. The number of nitrogens with one attached hydrogen (secondary N) is 2. The Morgan fingerprint density at radius 1 is 1.33 bits per heavy atom. The van der Waals surface area contributed by atoms with Crippen LogP contribution < -0.4 is 10.6 Å². The molecule has 0 aliphatic carbocycles. The van der Waals surface area contributed by atoms with Gasteiger partial charge in [-0.05, 0) is 12.1 Å². The molecule has 5 nitrogen and oxygen atoms in total. The maximum absolute atomic E-state index is 12.3. The van der Waals surface area contributed by atoms with Gasteiger partial charge >= 0.3 is 0 Å². The molecule has 0 unspecified atom stereocenters. The van der Waals surface area contributed by atoms with Crippen molar-refractivity contribution in [2.45, 2.75) is 32.7 Å². The SMILES string of the molecule is CNc1cc(C(=O)NCc2cncs2)cc(C(C)(C)C)n1. The van der Waals surface area contributed by atoms with E-state index in [4.69, 9.17) is 0 Å². The van der Waals surface area contributed by atoms with Gasteiger partial charge in [0.1, 0.15) is 5.82 Å². The van der Waals surface area contributed by atoms with E-state index in [0.29, 0.717) is 17.9 Å². The lowest BCUT2D eigenvalue weighted by Crippen LogP contribution is -2.24. The van der Waals surface area contributed by atoms with Crippen molar-refractivity contribution in [2.75, 3.05) is 12.4 Å². The summed E-state index contributed by atoms with van der Waals surface area (Å²) in [6, 6.07) is 3.61. The summed E-state index contributed by atoms with van der Waals surface area (Å²) in [6.45, 7) is 6.72. The van der Waals surface area contributed by atoms with Crippen LogP contribution in [0, 0.1) is 0 Å². The minimum absolute atomic E-state index is 0.104. The van der Waals surface area contributed by atoms with E-state index in [2.05, 4.69) is 41.4 Å². The molecule has 2 aromatic rings. The lowest BCUT2D eigenvalue weighted by Gasteiger charge is -2.19. The van der Waals surface area contributed by atoms with Crippen molar-refractivity contribution < 1.29 is 4.79 Å². The van der Waals surface area contributed by atoms with Crippen LogP contribution in [0.3, 0.4) is 0 Å². The van der Waals surface area contributed by atoms with E-state index in [1.807, 2.05) is 6.07 Å². The van der Waals surface area contributed by atoms with E-state index in [1.165, 1.54) is 11.3 Å². The maximum Gasteiger partial charge on any atom is 0.251 e. The van der Waals surface area contributed by atoms with Crippen molar-refractivity contribution in [3.8, 4) is 0 Å². The first-order valence-corrected chi connectivity index (χ1v) is 7.64. The summed E-state index contributed by atoms with van der Waals surface area (Å²) in [5.74, 6) is 0.596. The summed E-state index contributed by atoms with van der Waals surface area (Å²) in [7, 11) is 1.80. The highest BCUT2D eigenvalue weighted by Crippen LogP contribution is 2.23. The smallest absolute Gasteiger partial charge is 0.251 e. The molecule has 0 radical (unpaired) electrons. The number of thiazole rings is 1. The number of carbonyl (C=O) groups is 1. The fraction of sp³-hybridized carbons (Fsp3) is 0.400. The molecular formula is C15H20N4OS. The van der Waals surface area contributed by atoms with Crippen LogP contribution in [-0.4, -0.2) is 22.9 Å². The van der Waals surface area contributed by atoms with Crippen molar-refractivity contribution in [1.29, 1.82) is 0 Å². The van der Waals surface area contributed by atoms with E-state index < -0.39 is 0 Å². The Kier molecular flexibility index (Phi) is 4.57. The molecule has 0 saturated carbocycles. The molecule has 0 aliphatic rings. The highest BCUT2D eigenvalue weighted by atomic mass is 32.1. The van der Waals surface area contributed by atoms with Gasteiger partial charge in [-0.1, -0.05) is 20.8 Å². The van der Waals surface area contributed by atoms with Crippen molar-refractivity contribution in [3.05, 3.63) is 40.0 Å². The van der Waals surface area contributed by atoms with E-state index in [-0.39, 0.29) is 11.3 Å². The second-order valence-corrected chi connectivity index (χ2v) is 6.75. The van der Waals surface area contributed by atoms with Crippen LogP contribution in [0.4, 0.5) is 5.82 Å². The molecule has 21 heavy (non-hydrogen) atoms. The second kappa shape index (κ2) is 6.22. The Labute approximate surface area is 128 Å². The predicted molar refractivity (Wildman–Crippen MR) is 85.8 cm³/mol. The quantitative estimate of drug-likeness (QED) is 0.911. The Morgan fingerprint density at radius 3 is 2.67 bits per heavy atom. The van der Waals surface area contributed by atoms with Crippen LogP contribution in [-0.2, 0) is 12.0 Å². The highest BCUT2D eigenvalue weighted by Gasteiger charge is 2.19. The minimum atomic E-state index is -0.112. The third kappa shape index (κ3) is 4.01. The molecule has 0 aromatic carbocycles. The zero-order chi connectivity index (χ0) is 15.5. The summed E-state index contributed by atoms with van der Waals surface area (Å²) in [5, 5.41) is 5.91. The molecule has 2 rings (SSSR count). The van der Waals surface area contributed by atoms with Crippen molar-refractivity contribution in [1.82, 2.24) is 15.3 Å². The summed E-state index contributed by atoms with van der Waals surface area (Å²) >= 11 is 1.52. The number of nitrogens with zero attached hydrogens (tertiary/aromatic N) is 2. The summed E-state index contributed by atoms with van der Waals surface area (Å²) in [6.07, 6.45) is 1.76. The number of anilines is 1. The first-order valence-electron chi connectivity index (χ1n) is 6.76. The molecule has 1 amide bonds. The molecule has 0 fully saturated rings. The molecule has 0 bridgehead atoms. The van der Waals surface area contributed by atoms with Crippen LogP contribution in [0.1, 0.15) is 41.7 Å². The molecule has 112 valence electrons. The third-order valence-electron chi connectivity index (χ3n) is 3.02. The Hall–Kier alpha value is -1.95. The Morgan fingerprint density at radius 2 is 2.10 bits per heavy atom. The average molecular weight is 304 g/mol. The van der Waals surface area contributed by atoms with E-state index in [9.17, 15) is 4.79 Å². The van der Waals surface area contributed by atoms with Crippen LogP contribution in [0.15, 0.2) is 23.8 Å². The Balaban J connectivity index is 2.19. The third-order valence-corrected chi connectivity index (χ3v) is 3.80. The topological polar surface area (TPSA) is 66.9 Å². The number of aromatic nitrogens is 2. The zero-order valence-electron chi connectivity index (χ0n) is 12.7. The number of amides is 1. The van der Waals surface area contributed by atoms with Gasteiger partial charge in [-0.2, -0.15) is 0 Å². The first-order chi connectivity index (χ1) is 9.90. The minimum Gasteiger partial charge on any atom is -0.373 e. The standard InChI is InChI=1S/C15H20N4OS/c1-15(2,3)12-5-10(6-13(16-4)19-12)14(20)18-8-11-7-17-9-21-11/h5-7,9H,8H2,1-4H3,(H,16,19)(H,18,20). The van der Waals surface area contributed by atoms with Gasteiger partial charge in [0.25, 0.3) is 5.91 Å². The Bertz CT molecular complexity index is 617. The van der Waals surface area contributed by atoms with Crippen molar-refractivity contribution in [3.63, 3.8) is 0 Å². The summed E-state index contributed by atoms with van der Waals surface area (Å²) < 4.78 is 0. The summed E-state index contributed by atoms with van der Waals surface area (Å²) in [5.41, 5.74) is 3.14. The monoisotopic (exact) mass is 304 g/mol. The van der Waals surface area contributed by atoms with Crippen molar-refractivity contribution in [2.24, 2.45) is 0 Å². The second-order valence-electron chi connectivity index (χ2n) is 5.78. The maximum atomic E-state index is 12.3. The van der Waals surface area contributed by atoms with Gasteiger partial charge in [0.05, 0.1) is 12.1 Å². The molecule has 0 saturated heterocycles. The van der Waals surface area contributed by atoms with E-state index >= 15 is 0 Å². The van der Waals surface area contributed by atoms with Gasteiger partial charge in [0.15, 0.2) is 0 Å².